The van der Waals surface area contributed by atoms with Crippen LogP contribution in [0.25, 0.3) is 0 Å². The molecular formula is C9H14. The lowest BCUT2D eigenvalue weighted by molar-refractivity contribution is 1.54. The maximum atomic E-state index is 4.60. The van der Waals surface area contributed by atoms with Crippen LogP contribution in [0.4, 0.5) is 0 Å². The zero-order chi connectivity index (χ0) is 7.70. The third kappa shape index (κ3) is 43.0. The van der Waals surface area contributed by atoms with E-state index in [-0.39, 0.29) is 0 Å². The monoisotopic (exact) mass is 122 g/mol. The zero-order valence-corrected chi connectivity index (χ0v) is 6.44. The molecule has 0 radical (unpaired) electrons. The number of hydrogen-bond donors (Lipinski definition) is 0. The van der Waals surface area contributed by atoms with Gasteiger partial charge >= 0.3 is 0 Å². The van der Waals surface area contributed by atoms with Gasteiger partial charge in [-0.25, -0.2) is 0 Å². The Morgan fingerprint density at radius 3 is 2.00 bits per heavy atom. The Morgan fingerprint density at radius 1 is 1.67 bits per heavy atom. The van der Waals surface area contributed by atoms with E-state index in [9.17, 15) is 0 Å². The number of hydrogen-bond acceptors (Lipinski definition) is 0. The van der Waals surface area contributed by atoms with Crippen LogP contribution in [-0.2, 0) is 0 Å². The first-order valence-corrected chi connectivity index (χ1v) is 2.84. The van der Waals surface area contributed by atoms with Gasteiger partial charge < -0.3 is 0 Å². The van der Waals surface area contributed by atoms with Gasteiger partial charge in [0.05, 0.1) is 0 Å². The summed E-state index contributed by atoms with van der Waals surface area (Å²) in [6, 6.07) is 0. The van der Waals surface area contributed by atoms with E-state index in [0.29, 0.717) is 0 Å². The Morgan fingerprint density at radius 2 is 2.00 bits per heavy atom. The second kappa shape index (κ2) is 10.1. The third-order valence-electron chi connectivity index (χ3n) is 0.451. The third-order valence-corrected chi connectivity index (χ3v) is 0.451. The maximum absolute atomic E-state index is 4.60. The van der Waals surface area contributed by atoms with Gasteiger partial charge in [-0.05, 0) is 20.8 Å². The van der Waals surface area contributed by atoms with Crippen LogP contribution in [0.3, 0.4) is 0 Å². The Balaban J connectivity index is 0. The minimum Gasteiger partial charge on any atom is -0.120 e. The molecule has 0 spiro atoms. The molecule has 0 atom stereocenters. The average Bonchev–Trinajstić information content (AvgIpc) is 1.67. The second-order valence-corrected chi connectivity index (χ2v) is 1.64. The first-order chi connectivity index (χ1) is 4.18. The van der Waals surface area contributed by atoms with Gasteiger partial charge in [0.1, 0.15) is 0 Å². The minimum absolute atomic E-state index is 1.11. The Bertz CT molecular complexity index is 121. The van der Waals surface area contributed by atoms with Crippen molar-refractivity contribution in [3.05, 3.63) is 24.3 Å². The summed E-state index contributed by atoms with van der Waals surface area (Å²) in [5, 5.41) is 0. The molecule has 0 N–H and O–H groups in total. The smallest absolute Gasteiger partial charge is 0.00297 e. The van der Waals surface area contributed by atoms with Crippen molar-refractivity contribution in [3.63, 3.8) is 0 Å². The molecular weight excluding hydrogens is 108 g/mol. The quantitative estimate of drug-likeness (QED) is 0.370. The van der Waals surface area contributed by atoms with Crippen molar-refractivity contribution in [3.8, 4) is 12.3 Å². The molecule has 0 rings (SSSR count). The molecule has 0 saturated carbocycles. The van der Waals surface area contributed by atoms with E-state index in [2.05, 4.69) is 18.9 Å². The van der Waals surface area contributed by atoms with Gasteiger partial charge in [0.25, 0.3) is 0 Å². The normalized spacial score (nSPS) is 7.33. The van der Waals surface area contributed by atoms with Crippen LogP contribution in [0.15, 0.2) is 24.3 Å². The molecule has 0 bridgehead atoms. The molecule has 0 saturated heterocycles. The molecule has 0 aliphatic carbocycles. The van der Waals surface area contributed by atoms with Crippen LogP contribution < -0.4 is 0 Å². The van der Waals surface area contributed by atoms with Crippen LogP contribution in [0.1, 0.15) is 20.8 Å². The summed E-state index contributed by atoms with van der Waals surface area (Å²) in [4.78, 5) is 0. The standard InChI is InChI=1S/C6H10.C3H4/c1-4-5-6(2)3;1-3-2/h4-5H,2H2,1,3H3;1H,2H3/b5-4-;. The van der Waals surface area contributed by atoms with E-state index < -0.39 is 0 Å². The van der Waals surface area contributed by atoms with E-state index in [4.69, 9.17) is 0 Å². The lowest BCUT2D eigenvalue weighted by atomic mass is 10.3. The van der Waals surface area contributed by atoms with E-state index in [0.717, 1.165) is 5.57 Å². The predicted octanol–water partition coefficient (Wildman–Crippen LogP) is 2.78. The van der Waals surface area contributed by atoms with E-state index >= 15 is 0 Å². The van der Waals surface area contributed by atoms with Crippen molar-refractivity contribution < 1.29 is 0 Å². The van der Waals surface area contributed by atoms with Crippen LogP contribution in [0.5, 0.6) is 0 Å². The summed E-state index contributed by atoms with van der Waals surface area (Å²) in [5.74, 6) is 2.25. The van der Waals surface area contributed by atoms with Crippen LogP contribution in [0, 0.1) is 12.3 Å². The van der Waals surface area contributed by atoms with Gasteiger partial charge in [-0.1, -0.05) is 24.3 Å². The molecule has 0 unspecified atom stereocenters. The number of terminal acetylenes is 1. The molecule has 0 aromatic heterocycles. The molecule has 0 amide bonds. The minimum atomic E-state index is 1.11. The molecule has 9 heavy (non-hydrogen) atoms. The molecule has 0 nitrogen and oxygen atoms in total. The van der Waals surface area contributed by atoms with Gasteiger partial charge in [-0.2, -0.15) is 0 Å². The lowest BCUT2D eigenvalue weighted by Gasteiger charge is -1.75. The summed E-state index contributed by atoms with van der Waals surface area (Å²) < 4.78 is 0. The van der Waals surface area contributed by atoms with E-state index in [1.807, 2.05) is 26.0 Å². The summed E-state index contributed by atoms with van der Waals surface area (Å²) in [6.07, 6.45) is 8.54. The van der Waals surface area contributed by atoms with Crippen molar-refractivity contribution >= 4 is 0 Å². The highest BCUT2D eigenvalue weighted by Crippen LogP contribution is 1.85. The van der Waals surface area contributed by atoms with Crippen LogP contribution in [-0.4, -0.2) is 0 Å². The summed E-state index contributed by atoms with van der Waals surface area (Å²) in [7, 11) is 0. The van der Waals surface area contributed by atoms with Crippen molar-refractivity contribution in [2.45, 2.75) is 20.8 Å². The summed E-state index contributed by atoms with van der Waals surface area (Å²) >= 11 is 0. The topological polar surface area (TPSA) is 0 Å². The fourth-order valence-corrected chi connectivity index (χ4v) is 0.285. The molecule has 0 heteroatoms. The van der Waals surface area contributed by atoms with E-state index in [1.54, 1.807) is 6.92 Å². The first kappa shape index (κ1) is 10.9. The average molecular weight is 122 g/mol. The van der Waals surface area contributed by atoms with Crippen molar-refractivity contribution in [2.24, 2.45) is 0 Å². The highest BCUT2D eigenvalue weighted by atomic mass is 13.7. The highest BCUT2D eigenvalue weighted by molar-refractivity contribution is 5.09. The van der Waals surface area contributed by atoms with Crippen molar-refractivity contribution in [1.82, 2.24) is 0 Å². The van der Waals surface area contributed by atoms with Crippen LogP contribution >= 0.6 is 0 Å². The first-order valence-electron chi connectivity index (χ1n) is 2.84. The SMILES string of the molecule is C#CC.C=C(C)/C=C\C. The molecule has 0 fully saturated rings. The fraction of sp³-hybridized carbons (Fsp3) is 0.333. The van der Waals surface area contributed by atoms with Gasteiger partial charge in [0.2, 0.25) is 0 Å². The Labute approximate surface area is 58.3 Å². The molecule has 0 aromatic carbocycles. The predicted molar refractivity (Wildman–Crippen MR) is 44.1 cm³/mol. The molecule has 50 valence electrons. The fourth-order valence-electron chi connectivity index (χ4n) is 0.285. The molecule has 0 aliphatic heterocycles. The van der Waals surface area contributed by atoms with Crippen molar-refractivity contribution in [2.75, 3.05) is 0 Å². The van der Waals surface area contributed by atoms with E-state index in [1.165, 1.54) is 0 Å². The van der Waals surface area contributed by atoms with Gasteiger partial charge in [-0.15, -0.1) is 12.3 Å². The summed E-state index contributed by atoms with van der Waals surface area (Å²) in [6.45, 7) is 9.26. The maximum Gasteiger partial charge on any atom is -0.00297 e. The number of allylic oxidation sites excluding steroid dienone is 3. The zero-order valence-electron chi connectivity index (χ0n) is 6.44. The van der Waals surface area contributed by atoms with Crippen molar-refractivity contribution in [1.29, 1.82) is 0 Å². The van der Waals surface area contributed by atoms with Gasteiger partial charge in [-0.3, -0.25) is 0 Å². The molecule has 0 heterocycles. The van der Waals surface area contributed by atoms with Gasteiger partial charge in [0.15, 0.2) is 0 Å². The van der Waals surface area contributed by atoms with Gasteiger partial charge in [0, 0.05) is 0 Å². The molecule has 0 aliphatic rings. The Kier molecular flexibility index (Phi) is 12.3. The molecule has 0 aromatic rings. The van der Waals surface area contributed by atoms with Crippen LogP contribution in [0.2, 0.25) is 0 Å². The lowest BCUT2D eigenvalue weighted by Crippen LogP contribution is -1.54. The Hall–Kier alpha value is -0.960. The highest BCUT2D eigenvalue weighted by Gasteiger charge is 1.63. The summed E-state index contributed by atoms with van der Waals surface area (Å²) in [5.41, 5.74) is 1.11. The number of rotatable bonds is 1. The second-order valence-electron chi connectivity index (χ2n) is 1.64. The largest absolute Gasteiger partial charge is 0.120 e.